The summed E-state index contributed by atoms with van der Waals surface area (Å²) in [6.45, 7) is 2.13. The molecule has 0 aliphatic rings. The molecule has 0 heterocycles. The Morgan fingerprint density at radius 1 is 1.06 bits per heavy atom. The molecule has 0 aliphatic carbocycles. The van der Waals surface area contributed by atoms with Crippen LogP contribution in [0.2, 0.25) is 0 Å². The van der Waals surface area contributed by atoms with Gasteiger partial charge in [0.2, 0.25) is 0 Å². The number of rotatable bonds is 1. The van der Waals surface area contributed by atoms with E-state index < -0.39 is 0 Å². The van der Waals surface area contributed by atoms with Crippen LogP contribution >= 0.6 is 24.0 Å². The minimum absolute atomic E-state index is 0.292. The van der Waals surface area contributed by atoms with Gasteiger partial charge in [0.05, 0.1) is 0 Å². The molecule has 2 radical (unpaired) electrons. The molecule has 0 saturated heterocycles. The first-order valence-corrected chi connectivity index (χ1v) is 21.8. The van der Waals surface area contributed by atoms with Gasteiger partial charge in [-0.25, -0.2) is 0 Å². The van der Waals surface area contributed by atoms with Crippen LogP contribution in [0.25, 0.3) is 10.8 Å². The van der Waals surface area contributed by atoms with Gasteiger partial charge in [-0.1, -0.05) is 42.5 Å². The number of hydrogen-bond donors (Lipinski definition) is 1. The predicted octanol–water partition coefficient (Wildman–Crippen LogP) is 3.45. The van der Waals surface area contributed by atoms with Crippen molar-refractivity contribution in [3.05, 3.63) is 48.0 Å². The maximum atomic E-state index is 4.06. The van der Waals surface area contributed by atoms with Crippen molar-refractivity contribution in [2.24, 2.45) is 0 Å². The van der Waals surface area contributed by atoms with E-state index in [4.69, 9.17) is 0 Å². The number of benzene rings is 2. The molecule has 2 rings (SSSR count). The normalized spacial score (nSPS) is 11.8. The Balaban J connectivity index is 0.000000386. The maximum absolute atomic E-state index is 4.06. The van der Waals surface area contributed by atoms with E-state index >= 15 is 0 Å². The summed E-state index contributed by atoms with van der Waals surface area (Å²) in [7, 11) is 0. The van der Waals surface area contributed by atoms with Crippen molar-refractivity contribution in [1.82, 2.24) is 0 Å². The topological polar surface area (TPSA) is 27.6 Å². The SMILES string of the molecule is C[C@@H]([NH3+])c1cccc2ccccc12.[Br][Pb][Br]. The van der Waals surface area contributed by atoms with Crippen LogP contribution in [0.1, 0.15) is 18.5 Å². The number of fused-ring (bicyclic) bond motifs is 1. The molecule has 3 N–H and O–H groups in total. The monoisotopic (exact) mass is 538 g/mol. The molecule has 0 aliphatic heterocycles. The Kier molecular flexibility index (Phi) is 7.11. The molecule has 0 spiro atoms. The van der Waals surface area contributed by atoms with Crippen LogP contribution < -0.4 is 5.73 Å². The molecule has 0 aromatic heterocycles. The van der Waals surface area contributed by atoms with Gasteiger partial charge in [0.1, 0.15) is 6.04 Å². The molecule has 84 valence electrons. The summed E-state index contributed by atoms with van der Waals surface area (Å²) < 4.78 is 0. The average Bonchev–Trinajstić information content (AvgIpc) is 2.29. The fourth-order valence-electron chi connectivity index (χ4n) is 1.68. The second-order valence-electron chi connectivity index (χ2n) is 3.54. The Morgan fingerprint density at radius 3 is 2.25 bits per heavy atom. The zero-order valence-corrected chi connectivity index (χ0v) is 16.1. The molecule has 2 aromatic carbocycles. The molecule has 0 amide bonds. The molecule has 0 saturated carbocycles. The molecule has 1 nitrogen and oxygen atoms in total. The third-order valence-electron chi connectivity index (χ3n) is 2.35. The van der Waals surface area contributed by atoms with E-state index in [2.05, 4.69) is 79.1 Å². The van der Waals surface area contributed by atoms with E-state index in [9.17, 15) is 0 Å². The van der Waals surface area contributed by atoms with Crippen molar-refractivity contribution in [3.8, 4) is 0 Å². The van der Waals surface area contributed by atoms with Gasteiger partial charge in [-0.05, 0) is 17.7 Å². The van der Waals surface area contributed by atoms with Crippen LogP contribution in [0.3, 0.4) is 0 Å². The molecule has 16 heavy (non-hydrogen) atoms. The van der Waals surface area contributed by atoms with Crippen LogP contribution in [-0.2, 0) is 0 Å². The van der Waals surface area contributed by atoms with Gasteiger partial charge in [0, 0.05) is 5.56 Å². The van der Waals surface area contributed by atoms with Crippen molar-refractivity contribution in [1.29, 1.82) is 0 Å². The summed E-state index contributed by atoms with van der Waals surface area (Å²) in [5.74, 6) is 0. The molecule has 0 fully saturated rings. The van der Waals surface area contributed by atoms with Gasteiger partial charge in [0.25, 0.3) is 0 Å². The molecule has 2 aromatic rings. The average molecular weight is 539 g/mol. The van der Waals surface area contributed by atoms with Crippen LogP contribution in [0.5, 0.6) is 0 Å². The minimum atomic E-state index is -0.292. The van der Waals surface area contributed by atoms with E-state index in [1.54, 1.807) is 0 Å². The molecule has 0 unspecified atom stereocenters. The van der Waals surface area contributed by atoms with Crippen LogP contribution in [0.4, 0.5) is 0 Å². The Labute approximate surface area is 120 Å². The van der Waals surface area contributed by atoms with Crippen molar-refractivity contribution < 1.29 is 5.73 Å². The summed E-state index contributed by atoms with van der Waals surface area (Å²) in [6, 6.07) is 15.2. The summed E-state index contributed by atoms with van der Waals surface area (Å²) in [5.41, 5.74) is 5.39. The van der Waals surface area contributed by atoms with Crippen molar-refractivity contribution in [2.45, 2.75) is 13.0 Å². The second-order valence-corrected chi connectivity index (χ2v) is 20.4. The second kappa shape index (κ2) is 7.79. The van der Waals surface area contributed by atoms with E-state index in [1.807, 2.05) is 0 Å². The number of halogens is 2. The predicted molar refractivity (Wildman–Crippen MR) is 78.9 cm³/mol. The summed E-state index contributed by atoms with van der Waals surface area (Å²) in [6.07, 6.45) is 0. The zero-order valence-electron chi connectivity index (χ0n) is 9.08. The fraction of sp³-hybridized carbons (Fsp3) is 0.167. The van der Waals surface area contributed by atoms with Crippen molar-refractivity contribution >= 4 is 54.2 Å². The third kappa shape index (κ3) is 4.09. The van der Waals surface area contributed by atoms with Crippen molar-refractivity contribution in [2.75, 3.05) is 0 Å². The van der Waals surface area contributed by atoms with E-state index in [-0.39, 0.29) is 19.4 Å². The van der Waals surface area contributed by atoms with Crippen molar-refractivity contribution in [3.63, 3.8) is 0 Å². The van der Waals surface area contributed by atoms with E-state index in [0.29, 0.717) is 6.04 Å². The Hall–Kier alpha value is 0.542. The van der Waals surface area contributed by atoms with Gasteiger partial charge in [-0.2, -0.15) is 0 Å². The molecule has 4 heteroatoms. The molecular weight excluding hydrogens is 525 g/mol. The van der Waals surface area contributed by atoms with Gasteiger partial charge in [-0.3, -0.25) is 0 Å². The molecular formula is C12H14Br2NPb+. The standard InChI is InChI=1S/C12H13N.2BrH.Pb/c1-9(13)11-8-4-6-10-5-2-3-7-12(10)11;;;/h2-9H,13H2,1H3;2*1H;/q;;;+2/p-1/t9-;;;/m1.../s1. The summed E-state index contributed by atoms with van der Waals surface area (Å²) in [5, 5.41) is 2.63. The quantitative estimate of drug-likeness (QED) is 0.539. The first-order chi connectivity index (χ1) is 7.70. The van der Waals surface area contributed by atoms with E-state index in [0.717, 1.165) is 0 Å². The number of hydrogen-bond acceptors (Lipinski definition) is 0. The fourth-order valence-corrected chi connectivity index (χ4v) is 1.68. The molecule has 1 atom stereocenters. The van der Waals surface area contributed by atoms with Crippen LogP contribution in [-0.4, -0.2) is 19.4 Å². The Morgan fingerprint density at radius 2 is 1.62 bits per heavy atom. The van der Waals surface area contributed by atoms with Crippen LogP contribution in [0.15, 0.2) is 42.5 Å². The molecule has 0 bridgehead atoms. The van der Waals surface area contributed by atoms with Gasteiger partial charge < -0.3 is 5.73 Å². The van der Waals surface area contributed by atoms with Gasteiger partial charge >= 0.3 is 43.4 Å². The third-order valence-corrected chi connectivity index (χ3v) is 2.35. The summed E-state index contributed by atoms with van der Waals surface area (Å²) in [4.78, 5) is 0. The van der Waals surface area contributed by atoms with Crippen LogP contribution in [0, 0.1) is 0 Å². The first kappa shape index (κ1) is 14.6. The first-order valence-electron chi connectivity index (χ1n) is 4.97. The zero-order chi connectivity index (χ0) is 12.0. The van der Waals surface area contributed by atoms with Gasteiger partial charge in [0.15, 0.2) is 0 Å². The Bertz CT molecular complexity index is 440. The van der Waals surface area contributed by atoms with E-state index in [1.165, 1.54) is 16.3 Å². The van der Waals surface area contributed by atoms with Gasteiger partial charge in [-0.15, -0.1) is 0 Å². The summed E-state index contributed by atoms with van der Waals surface area (Å²) >= 11 is 6.22. The number of quaternary nitrogens is 1.